The van der Waals surface area contributed by atoms with Crippen LogP contribution in [0, 0.1) is 6.92 Å². The van der Waals surface area contributed by atoms with Gasteiger partial charge in [-0.2, -0.15) is 0 Å². The molecule has 5 nitrogen and oxygen atoms in total. The molecule has 0 bridgehead atoms. The first-order chi connectivity index (χ1) is 13.0. The minimum absolute atomic E-state index is 0.239. The molecule has 0 fully saturated rings. The minimum atomic E-state index is -0.447. The highest BCUT2D eigenvalue weighted by Gasteiger charge is 2.08. The number of thioether (sulfide) groups is 1. The van der Waals surface area contributed by atoms with Gasteiger partial charge >= 0.3 is 6.03 Å². The number of hydrogen-bond acceptors (Lipinski definition) is 3. The lowest BCUT2D eigenvalue weighted by Gasteiger charge is -2.11. The number of urea groups is 1. The summed E-state index contributed by atoms with van der Waals surface area (Å²) in [7, 11) is 0. The van der Waals surface area contributed by atoms with Gasteiger partial charge in [-0.15, -0.1) is 11.8 Å². The van der Waals surface area contributed by atoms with Crippen LogP contribution in [0.15, 0.2) is 76.6 Å². The third-order valence-corrected chi connectivity index (χ3v) is 4.83. The second kappa shape index (κ2) is 8.60. The summed E-state index contributed by atoms with van der Waals surface area (Å²) in [6.45, 7) is 2.47. The molecule has 0 saturated carbocycles. The fourth-order valence-corrected chi connectivity index (χ4v) is 3.01. The summed E-state index contributed by atoms with van der Waals surface area (Å²) >= 11 is 1.63. The van der Waals surface area contributed by atoms with Crippen LogP contribution < -0.4 is 16.2 Å². The highest BCUT2D eigenvalue weighted by Crippen LogP contribution is 2.17. The van der Waals surface area contributed by atoms with Crippen molar-refractivity contribution in [2.45, 2.75) is 18.4 Å². The van der Waals surface area contributed by atoms with E-state index in [1.165, 1.54) is 5.56 Å². The first-order valence-corrected chi connectivity index (χ1v) is 9.75. The standard InChI is InChI=1S/C21H21N3O2S/c1-15-5-7-16(8-6-15)14-24-13-3-4-19(20(24)25)23-21(26)22-17-9-11-18(27-2)12-10-17/h3-13H,14H2,1-2H3,(H2,22,23,26). The summed E-state index contributed by atoms with van der Waals surface area (Å²) in [5.41, 5.74) is 2.86. The number of amides is 2. The van der Waals surface area contributed by atoms with Crippen LogP contribution in [0.5, 0.6) is 0 Å². The van der Waals surface area contributed by atoms with E-state index in [0.29, 0.717) is 12.2 Å². The van der Waals surface area contributed by atoms with Crippen LogP contribution in [0.4, 0.5) is 16.2 Å². The number of anilines is 2. The normalized spacial score (nSPS) is 10.4. The molecule has 0 saturated heterocycles. The molecule has 0 aliphatic carbocycles. The number of pyridine rings is 1. The van der Waals surface area contributed by atoms with Gasteiger partial charge in [0.1, 0.15) is 5.69 Å². The van der Waals surface area contributed by atoms with E-state index in [1.807, 2.05) is 61.7 Å². The van der Waals surface area contributed by atoms with Crippen LogP contribution in [0.1, 0.15) is 11.1 Å². The van der Waals surface area contributed by atoms with Crippen molar-refractivity contribution in [2.75, 3.05) is 16.9 Å². The van der Waals surface area contributed by atoms with Crippen molar-refractivity contribution in [3.63, 3.8) is 0 Å². The number of nitrogens with zero attached hydrogens (tertiary/aromatic N) is 1. The molecule has 0 radical (unpaired) electrons. The van der Waals surface area contributed by atoms with Crippen LogP contribution in [0.3, 0.4) is 0 Å². The maximum Gasteiger partial charge on any atom is 0.323 e. The zero-order chi connectivity index (χ0) is 19.2. The van der Waals surface area contributed by atoms with Crippen LogP contribution in [0.2, 0.25) is 0 Å². The number of rotatable bonds is 5. The quantitative estimate of drug-likeness (QED) is 0.638. The first-order valence-electron chi connectivity index (χ1n) is 8.52. The van der Waals surface area contributed by atoms with Gasteiger partial charge in [0.2, 0.25) is 0 Å². The molecular formula is C21H21N3O2S. The molecule has 1 heterocycles. The van der Waals surface area contributed by atoms with E-state index in [9.17, 15) is 9.59 Å². The molecule has 0 atom stereocenters. The molecule has 0 spiro atoms. The molecule has 138 valence electrons. The van der Waals surface area contributed by atoms with Gasteiger partial charge in [-0.05, 0) is 55.1 Å². The fourth-order valence-electron chi connectivity index (χ4n) is 2.61. The molecule has 27 heavy (non-hydrogen) atoms. The average Bonchev–Trinajstić information content (AvgIpc) is 2.67. The Morgan fingerprint density at radius 3 is 2.37 bits per heavy atom. The van der Waals surface area contributed by atoms with Gasteiger partial charge in [-0.25, -0.2) is 4.79 Å². The zero-order valence-electron chi connectivity index (χ0n) is 15.2. The maximum absolute atomic E-state index is 12.6. The molecule has 2 aromatic carbocycles. The second-order valence-electron chi connectivity index (χ2n) is 6.15. The Hall–Kier alpha value is -2.99. The minimum Gasteiger partial charge on any atom is -0.309 e. The highest BCUT2D eigenvalue weighted by molar-refractivity contribution is 7.98. The van der Waals surface area contributed by atoms with E-state index < -0.39 is 6.03 Å². The predicted molar refractivity (Wildman–Crippen MR) is 112 cm³/mol. The Morgan fingerprint density at radius 2 is 1.70 bits per heavy atom. The third-order valence-electron chi connectivity index (χ3n) is 4.09. The van der Waals surface area contributed by atoms with Crippen molar-refractivity contribution in [3.8, 4) is 0 Å². The van der Waals surface area contributed by atoms with E-state index in [2.05, 4.69) is 10.6 Å². The summed E-state index contributed by atoms with van der Waals surface area (Å²) in [6, 6.07) is 18.4. The van der Waals surface area contributed by atoms with Gasteiger partial charge in [-0.1, -0.05) is 29.8 Å². The van der Waals surface area contributed by atoms with Crippen molar-refractivity contribution in [1.29, 1.82) is 0 Å². The molecule has 3 aromatic rings. The number of carbonyl (C=O) groups is 1. The van der Waals surface area contributed by atoms with Gasteiger partial charge in [0.05, 0.1) is 6.54 Å². The molecule has 2 N–H and O–H groups in total. The molecule has 0 unspecified atom stereocenters. The second-order valence-corrected chi connectivity index (χ2v) is 7.03. The van der Waals surface area contributed by atoms with Crippen molar-refractivity contribution in [3.05, 3.63) is 88.3 Å². The molecule has 3 rings (SSSR count). The predicted octanol–water partition coefficient (Wildman–Crippen LogP) is 4.57. The van der Waals surface area contributed by atoms with E-state index in [4.69, 9.17) is 0 Å². The van der Waals surface area contributed by atoms with Crippen LogP contribution in [-0.2, 0) is 6.54 Å². The summed E-state index contributed by atoms with van der Waals surface area (Å²) in [6.07, 6.45) is 3.71. The molecule has 0 aliphatic heterocycles. The van der Waals surface area contributed by atoms with Gasteiger partial charge < -0.3 is 15.2 Å². The van der Waals surface area contributed by atoms with Gasteiger partial charge in [-0.3, -0.25) is 4.79 Å². The monoisotopic (exact) mass is 379 g/mol. The third kappa shape index (κ3) is 5.01. The van der Waals surface area contributed by atoms with Gasteiger partial charge in [0, 0.05) is 16.8 Å². The van der Waals surface area contributed by atoms with E-state index in [-0.39, 0.29) is 11.2 Å². The molecule has 0 aliphatic rings. The Bertz CT molecular complexity index is 980. The van der Waals surface area contributed by atoms with E-state index in [0.717, 1.165) is 10.5 Å². The Morgan fingerprint density at radius 1 is 1.00 bits per heavy atom. The average molecular weight is 379 g/mol. The maximum atomic E-state index is 12.6. The zero-order valence-corrected chi connectivity index (χ0v) is 16.0. The molecular weight excluding hydrogens is 358 g/mol. The SMILES string of the molecule is CSc1ccc(NC(=O)Nc2cccn(Cc3ccc(C)cc3)c2=O)cc1. The number of aryl methyl sites for hydroxylation is 1. The summed E-state index contributed by atoms with van der Waals surface area (Å²) in [4.78, 5) is 26.0. The highest BCUT2D eigenvalue weighted by atomic mass is 32.2. The van der Waals surface area contributed by atoms with Crippen molar-refractivity contribution in [1.82, 2.24) is 4.57 Å². The molecule has 1 aromatic heterocycles. The van der Waals surface area contributed by atoms with E-state index in [1.54, 1.807) is 34.7 Å². The lowest BCUT2D eigenvalue weighted by Crippen LogP contribution is -2.28. The van der Waals surface area contributed by atoms with Crippen molar-refractivity contribution >= 4 is 29.2 Å². The first kappa shape index (κ1) is 18.8. The largest absolute Gasteiger partial charge is 0.323 e. The molecule has 6 heteroatoms. The van der Waals surface area contributed by atoms with Crippen LogP contribution in [-0.4, -0.2) is 16.9 Å². The van der Waals surface area contributed by atoms with Crippen molar-refractivity contribution in [2.24, 2.45) is 0 Å². The Kier molecular flexibility index (Phi) is 5.98. The summed E-state index contributed by atoms with van der Waals surface area (Å²) in [5, 5.41) is 5.37. The number of carbonyl (C=O) groups excluding carboxylic acids is 1. The summed E-state index contributed by atoms with van der Waals surface area (Å²) in [5.74, 6) is 0. The Labute approximate surface area is 162 Å². The lowest BCUT2D eigenvalue weighted by atomic mass is 10.1. The lowest BCUT2D eigenvalue weighted by molar-refractivity contribution is 0.262. The Balaban J connectivity index is 1.70. The number of nitrogens with one attached hydrogen (secondary N) is 2. The van der Waals surface area contributed by atoms with Crippen LogP contribution in [0.25, 0.3) is 0 Å². The van der Waals surface area contributed by atoms with Crippen molar-refractivity contribution < 1.29 is 4.79 Å². The number of hydrogen-bond donors (Lipinski definition) is 2. The van der Waals surface area contributed by atoms with Gasteiger partial charge in [0.25, 0.3) is 5.56 Å². The molecule has 2 amide bonds. The topological polar surface area (TPSA) is 63.1 Å². The number of aromatic nitrogens is 1. The summed E-state index contributed by atoms with van der Waals surface area (Å²) < 4.78 is 1.58. The fraction of sp³-hybridized carbons (Fsp3) is 0.143. The van der Waals surface area contributed by atoms with Gasteiger partial charge in [0.15, 0.2) is 0 Å². The van der Waals surface area contributed by atoms with Crippen LogP contribution >= 0.6 is 11.8 Å². The smallest absolute Gasteiger partial charge is 0.309 e. The number of benzene rings is 2. The van der Waals surface area contributed by atoms with E-state index >= 15 is 0 Å².